The maximum atomic E-state index is 12.6. The summed E-state index contributed by atoms with van der Waals surface area (Å²) >= 11 is 6.05. The van der Waals surface area contributed by atoms with Gasteiger partial charge in [-0.2, -0.15) is 0 Å². The van der Waals surface area contributed by atoms with Gasteiger partial charge in [0.25, 0.3) is 0 Å². The number of piperazine rings is 1. The van der Waals surface area contributed by atoms with Gasteiger partial charge >= 0.3 is 0 Å². The monoisotopic (exact) mass is 389 g/mol. The third-order valence-corrected chi connectivity index (χ3v) is 5.46. The fourth-order valence-corrected chi connectivity index (χ4v) is 3.70. The number of sulfonamides is 1. The molecule has 0 aromatic heterocycles. The number of amides is 1. The number of carbonyl (C=O) groups excluding carboxylic acids is 1. The number of hydrogen-bond donors (Lipinski definition) is 2. The molecule has 1 aliphatic heterocycles. The molecular weight excluding hydrogens is 366 g/mol. The van der Waals surface area contributed by atoms with Crippen LogP contribution in [0.3, 0.4) is 0 Å². The molecule has 2 rings (SSSR count). The van der Waals surface area contributed by atoms with E-state index in [2.05, 4.69) is 10.0 Å². The van der Waals surface area contributed by atoms with Crippen LogP contribution < -0.4 is 10.0 Å². The van der Waals surface area contributed by atoms with E-state index in [1.165, 1.54) is 0 Å². The van der Waals surface area contributed by atoms with Gasteiger partial charge in [-0.3, -0.25) is 4.79 Å². The minimum atomic E-state index is -3.54. The van der Waals surface area contributed by atoms with Gasteiger partial charge in [0.1, 0.15) is 0 Å². The molecule has 1 atom stereocenters. The van der Waals surface area contributed by atoms with Crippen molar-refractivity contribution in [2.24, 2.45) is 0 Å². The van der Waals surface area contributed by atoms with E-state index in [4.69, 9.17) is 16.3 Å². The second kappa shape index (κ2) is 9.49. The Bertz CT molecular complexity index is 684. The highest BCUT2D eigenvalue weighted by Crippen LogP contribution is 2.24. The van der Waals surface area contributed by atoms with Crippen LogP contribution in [-0.4, -0.2) is 64.4 Å². The predicted molar refractivity (Wildman–Crippen MR) is 97.1 cm³/mol. The van der Waals surface area contributed by atoms with Crippen molar-refractivity contribution < 1.29 is 17.9 Å². The first-order chi connectivity index (χ1) is 11.9. The number of nitrogens with one attached hydrogen (secondary N) is 2. The molecule has 0 radical (unpaired) electrons. The first-order valence-corrected chi connectivity index (χ1v) is 10.3. The minimum absolute atomic E-state index is 0.110. The van der Waals surface area contributed by atoms with E-state index in [-0.39, 0.29) is 30.9 Å². The lowest BCUT2D eigenvalue weighted by atomic mass is 10.0. The lowest BCUT2D eigenvalue weighted by Gasteiger charge is -2.36. The highest BCUT2D eigenvalue weighted by molar-refractivity contribution is 7.89. The van der Waals surface area contributed by atoms with Gasteiger partial charge in [0.05, 0.1) is 24.9 Å². The molecule has 1 fully saturated rings. The standard InChI is InChI=1S/C16H24ClN3O4S/c1-2-24-8-9-25(22,23)19-12-16(21)20-7-6-18-11-15(20)13-4-3-5-14(17)10-13/h3-5,10,15,18-19H,2,6-9,11-12H2,1H3. The molecule has 1 aliphatic rings. The summed E-state index contributed by atoms with van der Waals surface area (Å²) in [5, 5.41) is 3.86. The third kappa shape index (κ3) is 6.23. The third-order valence-electron chi connectivity index (χ3n) is 3.94. The molecule has 9 heteroatoms. The van der Waals surface area contributed by atoms with Gasteiger partial charge in [0.15, 0.2) is 0 Å². The van der Waals surface area contributed by atoms with Crippen molar-refractivity contribution >= 4 is 27.5 Å². The number of benzene rings is 1. The number of hydrogen-bond acceptors (Lipinski definition) is 5. The van der Waals surface area contributed by atoms with E-state index in [9.17, 15) is 13.2 Å². The van der Waals surface area contributed by atoms with Crippen LogP contribution in [0.4, 0.5) is 0 Å². The van der Waals surface area contributed by atoms with Gasteiger partial charge in [-0.15, -0.1) is 0 Å². The van der Waals surface area contributed by atoms with Gasteiger partial charge in [-0.05, 0) is 24.6 Å². The van der Waals surface area contributed by atoms with Gasteiger partial charge in [-0.1, -0.05) is 23.7 Å². The molecule has 25 heavy (non-hydrogen) atoms. The fourth-order valence-electron chi connectivity index (χ4n) is 2.67. The molecule has 0 aliphatic carbocycles. The minimum Gasteiger partial charge on any atom is -0.381 e. The summed E-state index contributed by atoms with van der Waals surface area (Å²) in [6.07, 6.45) is 0. The maximum absolute atomic E-state index is 12.6. The van der Waals surface area contributed by atoms with Crippen molar-refractivity contribution in [1.29, 1.82) is 0 Å². The molecule has 0 saturated carbocycles. The van der Waals surface area contributed by atoms with E-state index in [1.54, 1.807) is 17.9 Å². The summed E-state index contributed by atoms with van der Waals surface area (Å²) < 4.78 is 31.2. The van der Waals surface area contributed by atoms with E-state index < -0.39 is 10.0 Å². The van der Waals surface area contributed by atoms with Gasteiger partial charge in [0.2, 0.25) is 15.9 Å². The molecule has 0 bridgehead atoms. The Hall–Kier alpha value is -1.19. The Kier molecular flexibility index (Phi) is 7.64. The first kappa shape index (κ1) is 20.1. The normalized spacial score (nSPS) is 18.3. The van der Waals surface area contributed by atoms with Crippen LogP contribution in [0.1, 0.15) is 18.5 Å². The van der Waals surface area contributed by atoms with Crippen molar-refractivity contribution in [3.63, 3.8) is 0 Å². The zero-order valence-electron chi connectivity index (χ0n) is 14.2. The molecule has 1 heterocycles. The Balaban J connectivity index is 1.98. The fraction of sp³-hybridized carbons (Fsp3) is 0.562. The van der Waals surface area contributed by atoms with Crippen LogP contribution in [0.5, 0.6) is 0 Å². The molecular formula is C16H24ClN3O4S. The summed E-state index contributed by atoms with van der Waals surface area (Å²) in [6.45, 7) is 3.88. The lowest BCUT2D eigenvalue weighted by Crippen LogP contribution is -2.51. The average molecular weight is 390 g/mol. The Morgan fingerprint density at radius 3 is 3.00 bits per heavy atom. The number of carbonyl (C=O) groups is 1. The number of ether oxygens (including phenoxy) is 1. The zero-order valence-corrected chi connectivity index (χ0v) is 15.8. The lowest BCUT2D eigenvalue weighted by molar-refractivity contribution is -0.133. The number of nitrogens with zero attached hydrogens (tertiary/aromatic N) is 1. The molecule has 1 amide bonds. The zero-order chi connectivity index (χ0) is 18.3. The van der Waals surface area contributed by atoms with Crippen LogP contribution in [0.2, 0.25) is 5.02 Å². The van der Waals surface area contributed by atoms with Crippen molar-refractivity contribution in [2.75, 3.05) is 45.1 Å². The number of halogens is 1. The van der Waals surface area contributed by atoms with E-state index >= 15 is 0 Å². The summed E-state index contributed by atoms with van der Waals surface area (Å²) in [5.74, 6) is -0.417. The molecule has 1 aromatic rings. The van der Waals surface area contributed by atoms with E-state index in [0.29, 0.717) is 31.3 Å². The molecule has 1 unspecified atom stereocenters. The van der Waals surface area contributed by atoms with Gasteiger partial charge in [-0.25, -0.2) is 13.1 Å². The van der Waals surface area contributed by atoms with Crippen molar-refractivity contribution in [3.8, 4) is 0 Å². The first-order valence-electron chi connectivity index (χ1n) is 8.23. The van der Waals surface area contributed by atoms with Gasteiger partial charge in [0, 0.05) is 31.3 Å². The highest BCUT2D eigenvalue weighted by Gasteiger charge is 2.28. The van der Waals surface area contributed by atoms with Crippen molar-refractivity contribution in [1.82, 2.24) is 14.9 Å². The van der Waals surface area contributed by atoms with Gasteiger partial charge < -0.3 is 15.0 Å². The molecule has 1 aromatic carbocycles. The van der Waals surface area contributed by atoms with Crippen LogP contribution >= 0.6 is 11.6 Å². The second-order valence-corrected chi connectivity index (χ2v) is 8.06. The topological polar surface area (TPSA) is 87.7 Å². The molecule has 1 saturated heterocycles. The smallest absolute Gasteiger partial charge is 0.238 e. The Labute approximate surface area is 153 Å². The largest absolute Gasteiger partial charge is 0.381 e. The highest BCUT2D eigenvalue weighted by atomic mass is 35.5. The van der Waals surface area contributed by atoms with Crippen LogP contribution in [-0.2, 0) is 19.6 Å². The van der Waals surface area contributed by atoms with E-state index in [0.717, 1.165) is 5.56 Å². The Morgan fingerprint density at radius 1 is 1.48 bits per heavy atom. The van der Waals surface area contributed by atoms with Crippen molar-refractivity contribution in [3.05, 3.63) is 34.9 Å². The summed E-state index contributed by atoms with van der Waals surface area (Å²) in [4.78, 5) is 14.2. The SMILES string of the molecule is CCOCCS(=O)(=O)NCC(=O)N1CCNCC1c1cccc(Cl)c1. The Morgan fingerprint density at radius 2 is 2.28 bits per heavy atom. The molecule has 0 spiro atoms. The summed E-state index contributed by atoms with van der Waals surface area (Å²) in [5.41, 5.74) is 0.923. The van der Waals surface area contributed by atoms with Crippen molar-refractivity contribution in [2.45, 2.75) is 13.0 Å². The number of rotatable bonds is 8. The second-order valence-electron chi connectivity index (χ2n) is 5.70. The predicted octanol–water partition coefficient (Wildman–Crippen LogP) is 0.769. The van der Waals surface area contributed by atoms with E-state index in [1.807, 2.05) is 18.2 Å². The van der Waals surface area contributed by atoms with Crippen LogP contribution in [0.15, 0.2) is 24.3 Å². The van der Waals surface area contributed by atoms with Crippen LogP contribution in [0.25, 0.3) is 0 Å². The molecule has 7 nitrogen and oxygen atoms in total. The van der Waals surface area contributed by atoms with Crippen LogP contribution in [0, 0.1) is 0 Å². The summed E-state index contributed by atoms with van der Waals surface area (Å²) in [6, 6.07) is 7.18. The quantitative estimate of drug-likeness (QED) is 0.641. The summed E-state index contributed by atoms with van der Waals surface area (Å²) in [7, 11) is -3.54. The average Bonchev–Trinajstić information content (AvgIpc) is 2.60. The molecule has 2 N–H and O–H groups in total. The molecule has 140 valence electrons. The maximum Gasteiger partial charge on any atom is 0.238 e.